The van der Waals surface area contributed by atoms with E-state index < -0.39 is 17.7 Å². The highest BCUT2D eigenvalue weighted by Crippen LogP contribution is 2.42. The minimum Gasteiger partial charge on any atom is -0.507 e. The van der Waals surface area contributed by atoms with Gasteiger partial charge in [0.15, 0.2) is 0 Å². The highest BCUT2D eigenvalue weighted by molar-refractivity contribution is 6.46. The average Bonchev–Trinajstić information content (AvgIpc) is 3.39. The Morgan fingerprint density at radius 1 is 1.19 bits per heavy atom. The van der Waals surface area contributed by atoms with Gasteiger partial charge in [-0.3, -0.25) is 14.6 Å². The van der Waals surface area contributed by atoms with E-state index in [9.17, 15) is 14.7 Å². The molecule has 2 aliphatic heterocycles. The maximum Gasteiger partial charge on any atom is 0.295 e. The van der Waals surface area contributed by atoms with Crippen molar-refractivity contribution in [1.29, 1.82) is 0 Å². The number of aliphatic hydroxyl groups excluding tert-OH is 1. The maximum absolute atomic E-state index is 13.4. The van der Waals surface area contributed by atoms with Crippen LogP contribution >= 0.6 is 0 Å². The molecule has 182 valence electrons. The van der Waals surface area contributed by atoms with E-state index in [1.54, 1.807) is 60.9 Å². The van der Waals surface area contributed by atoms with Crippen molar-refractivity contribution in [2.24, 2.45) is 0 Å². The van der Waals surface area contributed by atoms with E-state index in [2.05, 4.69) is 11.6 Å². The van der Waals surface area contributed by atoms with E-state index in [1.165, 1.54) is 4.90 Å². The number of likely N-dealkylation sites (tertiary alicyclic amines) is 1. The molecule has 5 rings (SSSR count). The van der Waals surface area contributed by atoms with E-state index in [1.807, 2.05) is 19.1 Å². The summed E-state index contributed by atoms with van der Waals surface area (Å²) >= 11 is 0. The first-order chi connectivity index (χ1) is 17.5. The van der Waals surface area contributed by atoms with Crippen molar-refractivity contribution in [3.05, 3.63) is 107 Å². The fourth-order valence-electron chi connectivity index (χ4n) is 4.73. The van der Waals surface area contributed by atoms with Gasteiger partial charge in [-0.05, 0) is 66.1 Å². The molecule has 7 nitrogen and oxygen atoms in total. The molecule has 2 aliphatic rings. The van der Waals surface area contributed by atoms with Gasteiger partial charge in [0.2, 0.25) is 0 Å². The molecule has 2 atom stereocenters. The highest BCUT2D eigenvalue weighted by Gasteiger charge is 2.46. The van der Waals surface area contributed by atoms with Crippen LogP contribution in [0, 0.1) is 0 Å². The molecular weight excluding hydrogens is 456 g/mol. The van der Waals surface area contributed by atoms with Gasteiger partial charge in [-0.2, -0.15) is 0 Å². The Bertz CT molecular complexity index is 1370. The van der Waals surface area contributed by atoms with Crippen molar-refractivity contribution in [3.8, 4) is 11.5 Å². The summed E-state index contributed by atoms with van der Waals surface area (Å²) in [5.74, 6) is -0.273. The Labute approximate surface area is 209 Å². The molecule has 36 heavy (non-hydrogen) atoms. The topological polar surface area (TPSA) is 89.0 Å². The van der Waals surface area contributed by atoms with Crippen LogP contribution in [0.15, 0.2) is 85.2 Å². The summed E-state index contributed by atoms with van der Waals surface area (Å²) in [4.78, 5) is 32.1. The summed E-state index contributed by atoms with van der Waals surface area (Å²) in [6.07, 6.45) is 5.66. The van der Waals surface area contributed by atoms with Crippen molar-refractivity contribution in [3.63, 3.8) is 0 Å². The van der Waals surface area contributed by atoms with Crippen molar-refractivity contribution >= 4 is 17.4 Å². The Morgan fingerprint density at radius 3 is 2.78 bits per heavy atom. The van der Waals surface area contributed by atoms with E-state index in [4.69, 9.17) is 9.47 Å². The number of hydrogen-bond donors (Lipinski definition) is 1. The standard InChI is InChI=1S/C29H26N2O5/c1-3-13-35-23-6-4-5-20(16-23)26-25(27(32)21-7-8-24-22(15-21)14-18(2)36-24)28(33)29(34)31(26)17-19-9-11-30-12-10-19/h3-12,15-16,18,26,32H,1,13-14,17H2,2H3/b27-25+/t18-,26-/m1/s1. The Hall–Kier alpha value is -4.39. The zero-order chi connectivity index (χ0) is 25.2. The molecule has 1 fully saturated rings. The van der Waals surface area contributed by atoms with E-state index in [0.717, 1.165) is 16.9 Å². The molecule has 1 amide bonds. The van der Waals surface area contributed by atoms with Crippen LogP contribution in [0.2, 0.25) is 0 Å². The largest absolute Gasteiger partial charge is 0.507 e. The molecule has 0 bridgehead atoms. The second-order valence-electron chi connectivity index (χ2n) is 8.91. The van der Waals surface area contributed by atoms with E-state index >= 15 is 0 Å². The lowest BCUT2D eigenvalue weighted by molar-refractivity contribution is -0.140. The van der Waals surface area contributed by atoms with Gasteiger partial charge < -0.3 is 19.5 Å². The number of aromatic nitrogens is 1. The molecule has 3 aromatic rings. The van der Waals surface area contributed by atoms with Crippen LogP contribution < -0.4 is 9.47 Å². The summed E-state index contributed by atoms with van der Waals surface area (Å²) in [6.45, 7) is 6.15. The van der Waals surface area contributed by atoms with Crippen LogP contribution in [0.25, 0.3) is 5.76 Å². The Kier molecular flexibility index (Phi) is 6.29. The minimum atomic E-state index is -0.797. The monoisotopic (exact) mass is 482 g/mol. The fraction of sp³-hybridized carbons (Fsp3) is 0.207. The molecule has 1 aromatic heterocycles. The third-order valence-corrected chi connectivity index (χ3v) is 6.35. The van der Waals surface area contributed by atoms with Crippen molar-refractivity contribution in [2.45, 2.75) is 32.0 Å². The number of benzene rings is 2. The lowest BCUT2D eigenvalue weighted by Gasteiger charge is -2.25. The number of ketones is 1. The van der Waals surface area contributed by atoms with Gasteiger partial charge in [0.05, 0.1) is 11.6 Å². The number of rotatable bonds is 7. The number of carbonyl (C=O) groups is 2. The van der Waals surface area contributed by atoms with Gasteiger partial charge in [0.1, 0.15) is 30.0 Å². The summed E-state index contributed by atoms with van der Waals surface area (Å²) < 4.78 is 11.5. The number of carbonyl (C=O) groups excluding carboxylic acids is 2. The van der Waals surface area contributed by atoms with Crippen LogP contribution in [0.4, 0.5) is 0 Å². The first-order valence-corrected chi connectivity index (χ1v) is 11.8. The van der Waals surface area contributed by atoms with Gasteiger partial charge in [-0.15, -0.1) is 0 Å². The summed E-state index contributed by atoms with van der Waals surface area (Å²) in [5, 5.41) is 11.4. The molecule has 3 heterocycles. The molecule has 0 saturated carbocycles. The predicted molar refractivity (Wildman–Crippen MR) is 134 cm³/mol. The molecule has 0 aliphatic carbocycles. The Balaban J connectivity index is 1.62. The third-order valence-electron chi connectivity index (χ3n) is 6.35. The molecule has 1 saturated heterocycles. The molecule has 0 radical (unpaired) electrons. The second-order valence-corrected chi connectivity index (χ2v) is 8.91. The third kappa shape index (κ3) is 4.35. The smallest absolute Gasteiger partial charge is 0.295 e. The lowest BCUT2D eigenvalue weighted by Crippen LogP contribution is -2.29. The van der Waals surface area contributed by atoms with Gasteiger partial charge in [0, 0.05) is 30.9 Å². The van der Waals surface area contributed by atoms with Gasteiger partial charge in [-0.25, -0.2) is 0 Å². The first kappa shape index (κ1) is 23.4. The van der Waals surface area contributed by atoms with Crippen molar-refractivity contribution in [2.75, 3.05) is 6.61 Å². The minimum absolute atomic E-state index is 0.0432. The van der Waals surface area contributed by atoms with Crippen molar-refractivity contribution in [1.82, 2.24) is 9.88 Å². The number of amides is 1. The number of pyridine rings is 1. The molecule has 0 spiro atoms. The molecule has 1 N–H and O–H groups in total. The molecule has 0 unspecified atom stereocenters. The summed E-state index contributed by atoms with van der Waals surface area (Å²) in [5.41, 5.74) is 2.94. The zero-order valence-electron chi connectivity index (χ0n) is 19.9. The summed E-state index contributed by atoms with van der Waals surface area (Å²) in [6, 6.07) is 15.3. The lowest BCUT2D eigenvalue weighted by atomic mass is 9.94. The SMILES string of the molecule is C=CCOc1cccc([C@@H]2/C(=C(\O)c3ccc4c(c3)C[C@@H](C)O4)C(=O)C(=O)N2Cc2ccncc2)c1. The second kappa shape index (κ2) is 9.70. The number of hydrogen-bond acceptors (Lipinski definition) is 6. The number of fused-ring (bicyclic) bond motifs is 1. The maximum atomic E-state index is 13.4. The first-order valence-electron chi connectivity index (χ1n) is 11.8. The van der Waals surface area contributed by atoms with Crippen LogP contribution in [0.5, 0.6) is 11.5 Å². The van der Waals surface area contributed by atoms with Gasteiger partial charge >= 0.3 is 0 Å². The Morgan fingerprint density at radius 2 is 2.00 bits per heavy atom. The quantitative estimate of drug-likeness (QED) is 0.229. The molecular formula is C29H26N2O5. The summed E-state index contributed by atoms with van der Waals surface area (Å²) in [7, 11) is 0. The number of ether oxygens (including phenoxy) is 2. The normalized spacial score (nSPS) is 20.2. The van der Waals surface area contributed by atoms with Crippen LogP contribution in [-0.4, -0.2) is 39.4 Å². The molecule has 2 aromatic carbocycles. The number of aliphatic hydroxyl groups is 1. The highest BCUT2D eigenvalue weighted by atomic mass is 16.5. The molecule has 7 heteroatoms. The van der Waals surface area contributed by atoms with Gasteiger partial charge in [0.25, 0.3) is 11.7 Å². The predicted octanol–water partition coefficient (Wildman–Crippen LogP) is 4.59. The van der Waals surface area contributed by atoms with Crippen LogP contribution in [0.1, 0.15) is 35.2 Å². The fourth-order valence-corrected chi connectivity index (χ4v) is 4.73. The van der Waals surface area contributed by atoms with Crippen LogP contribution in [-0.2, 0) is 22.6 Å². The zero-order valence-corrected chi connectivity index (χ0v) is 19.9. The average molecular weight is 483 g/mol. The van der Waals surface area contributed by atoms with E-state index in [-0.39, 0.29) is 24.0 Å². The van der Waals surface area contributed by atoms with E-state index in [0.29, 0.717) is 29.9 Å². The van der Waals surface area contributed by atoms with Gasteiger partial charge in [-0.1, -0.05) is 24.8 Å². The van der Waals surface area contributed by atoms with Crippen LogP contribution in [0.3, 0.4) is 0 Å². The van der Waals surface area contributed by atoms with Crippen molar-refractivity contribution < 1.29 is 24.2 Å². The number of Topliss-reactive ketones (excluding diaryl/α,β-unsaturated/α-hetero) is 1. The number of nitrogens with zero attached hydrogens (tertiary/aromatic N) is 2.